The van der Waals surface area contributed by atoms with Crippen LogP contribution in [0.1, 0.15) is 38.2 Å². The van der Waals surface area contributed by atoms with Gasteiger partial charge in [0, 0.05) is 7.05 Å². The summed E-state index contributed by atoms with van der Waals surface area (Å²) in [7, 11) is 1.33. The Labute approximate surface area is 108 Å². The summed E-state index contributed by atoms with van der Waals surface area (Å²) >= 11 is 0. The summed E-state index contributed by atoms with van der Waals surface area (Å²) in [6.45, 7) is 4.59. The average molecular weight is 251 g/mol. The zero-order valence-corrected chi connectivity index (χ0v) is 11.2. The van der Waals surface area contributed by atoms with Crippen LogP contribution in [0.2, 0.25) is 0 Å². The number of carbonyl (C=O) groups excluding carboxylic acids is 1. The van der Waals surface area contributed by atoms with E-state index in [1.807, 2.05) is 24.3 Å². The molecule has 1 atom stereocenters. The van der Waals surface area contributed by atoms with Crippen molar-refractivity contribution in [2.45, 2.75) is 32.6 Å². The highest BCUT2D eigenvalue weighted by Crippen LogP contribution is 2.20. The average Bonchev–Trinajstić information content (AvgIpc) is 2.38. The molecular formula is C14H21NO3. The zero-order valence-electron chi connectivity index (χ0n) is 11.2. The van der Waals surface area contributed by atoms with Gasteiger partial charge in [-0.25, -0.2) is 5.06 Å². The molecule has 1 aromatic carbocycles. The van der Waals surface area contributed by atoms with Gasteiger partial charge in [-0.3, -0.25) is 10.0 Å². The molecule has 0 saturated carbocycles. The molecule has 0 spiro atoms. The molecule has 0 aliphatic heterocycles. The number of carbonyl (C=O) groups is 1. The van der Waals surface area contributed by atoms with Crippen molar-refractivity contribution >= 4 is 5.91 Å². The molecule has 0 fully saturated rings. The third-order valence-electron chi connectivity index (χ3n) is 2.84. The van der Waals surface area contributed by atoms with Crippen molar-refractivity contribution in [3.05, 3.63) is 29.8 Å². The molecule has 0 unspecified atom stereocenters. The van der Waals surface area contributed by atoms with Gasteiger partial charge < -0.3 is 4.74 Å². The van der Waals surface area contributed by atoms with Crippen LogP contribution >= 0.6 is 0 Å². The molecule has 1 aromatic rings. The van der Waals surface area contributed by atoms with Crippen LogP contribution in [0.25, 0.3) is 0 Å². The minimum Gasteiger partial charge on any atom is -0.494 e. The maximum Gasteiger partial charge on any atom is 0.252 e. The predicted molar refractivity (Wildman–Crippen MR) is 69.8 cm³/mol. The minimum absolute atomic E-state index is 0.324. The number of hydrogen-bond donors (Lipinski definition) is 1. The van der Waals surface area contributed by atoms with E-state index >= 15 is 0 Å². The van der Waals surface area contributed by atoms with Crippen LogP contribution in [0.5, 0.6) is 5.75 Å². The fourth-order valence-electron chi connectivity index (χ4n) is 1.61. The predicted octanol–water partition coefficient (Wildman–Crippen LogP) is 2.82. The Morgan fingerprint density at radius 3 is 2.50 bits per heavy atom. The lowest BCUT2D eigenvalue weighted by Crippen LogP contribution is -2.27. The normalized spacial score (nSPS) is 12.0. The van der Waals surface area contributed by atoms with Crippen LogP contribution < -0.4 is 4.74 Å². The summed E-state index contributed by atoms with van der Waals surface area (Å²) < 4.78 is 5.54. The first-order valence-electron chi connectivity index (χ1n) is 6.25. The summed E-state index contributed by atoms with van der Waals surface area (Å²) in [6.07, 6.45) is 2.14. The Kier molecular flexibility index (Phi) is 5.65. The van der Waals surface area contributed by atoms with Crippen LogP contribution in [0.15, 0.2) is 24.3 Å². The van der Waals surface area contributed by atoms with Crippen LogP contribution in [0, 0.1) is 0 Å². The van der Waals surface area contributed by atoms with Gasteiger partial charge in [0.25, 0.3) is 5.91 Å². The number of hydroxylamine groups is 2. The SMILES string of the molecule is CCCCOc1ccc([C@H](C)C(=O)N(C)O)cc1. The van der Waals surface area contributed by atoms with Crippen LogP contribution in [0.4, 0.5) is 0 Å². The van der Waals surface area contributed by atoms with Gasteiger partial charge in [0.1, 0.15) is 5.75 Å². The second-order valence-electron chi connectivity index (χ2n) is 4.35. The number of hydrogen-bond acceptors (Lipinski definition) is 3. The quantitative estimate of drug-likeness (QED) is 0.480. The second kappa shape index (κ2) is 7.01. The molecule has 4 heteroatoms. The van der Waals surface area contributed by atoms with Crippen molar-refractivity contribution in [2.75, 3.05) is 13.7 Å². The van der Waals surface area contributed by atoms with Crippen molar-refractivity contribution in [1.82, 2.24) is 5.06 Å². The topological polar surface area (TPSA) is 49.8 Å². The molecule has 0 aliphatic carbocycles. The first kappa shape index (κ1) is 14.5. The Bertz CT molecular complexity index is 373. The largest absolute Gasteiger partial charge is 0.494 e. The summed E-state index contributed by atoms with van der Waals surface area (Å²) in [6, 6.07) is 7.42. The van der Waals surface area contributed by atoms with E-state index in [0.29, 0.717) is 11.7 Å². The Morgan fingerprint density at radius 1 is 1.39 bits per heavy atom. The summed E-state index contributed by atoms with van der Waals surface area (Å²) in [5, 5.41) is 9.73. The van der Waals surface area contributed by atoms with E-state index in [0.717, 1.165) is 24.2 Å². The highest BCUT2D eigenvalue weighted by molar-refractivity contribution is 5.82. The van der Waals surface area contributed by atoms with Gasteiger partial charge in [-0.1, -0.05) is 25.5 Å². The first-order valence-corrected chi connectivity index (χ1v) is 6.25. The van der Waals surface area contributed by atoms with Gasteiger partial charge in [0.15, 0.2) is 0 Å². The lowest BCUT2D eigenvalue weighted by Gasteiger charge is -2.15. The number of ether oxygens (including phenoxy) is 1. The highest BCUT2D eigenvalue weighted by Gasteiger charge is 2.17. The van der Waals surface area contributed by atoms with Crippen molar-refractivity contribution in [3.8, 4) is 5.75 Å². The molecule has 0 aromatic heterocycles. The molecule has 0 heterocycles. The van der Waals surface area contributed by atoms with Crippen molar-refractivity contribution in [3.63, 3.8) is 0 Å². The molecule has 4 nitrogen and oxygen atoms in total. The molecule has 1 rings (SSSR count). The molecule has 0 bridgehead atoms. The van der Waals surface area contributed by atoms with E-state index in [1.54, 1.807) is 6.92 Å². The van der Waals surface area contributed by atoms with E-state index in [-0.39, 0.29) is 11.8 Å². The van der Waals surface area contributed by atoms with E-state index < -0.39 is 0 Å². The third-order valence-corrected chi connectivity index (χ3v) is 2.84. The van der Waals surface area contributed by atoms with Crippen LogP contribution in [-0.2, 0) is 4.79 Å². The van der Waals surface area contributed by atoms with Gasteiger partial charge in [0.2, 0.25) is 0 Å². The summed E-state index contributed by atoms with van der Waals surface area (Å²) in [4.78, 5) is 11.6. The highest BCUT2D eigenvalue weighted by atomic mass is 16.5. The van der Waals surface area contributed by atoms with E-state index in [2.05, 4.69) is 6.92 Å². The van der Waals surface area contributed by atoms with Gasteiger partial charge >= 0.3 is 0 Å². The lowest BCUT2D eigenvalue weighted by atomic mass is 10.0. The molecule has 1 amide bonds. The van der Waals surface area contributed by atoms with E-state index in [1.165, 1.54) is 7.05 Å². The molecule has 100 valence electrons. The molecular weight excluding hydrogens is 230 g/mol. The fraction of sp³-hybridized carbons (Fsp3) is 0.500. The third kappa shape index (κ3) is 4.04. The number of benzene rings is 1. The standard InChI is InChI=1S/C14H21NO3/c1-4-5-10-18-13-8-6-12(7-9-13)11(2)14(16)15(3)17/h6-9,11,17H,4-5,10H2,1-3H3/t11-/m0/s1. The second-order valence-corrected chi connectivity index (χ2v) is 4.35. The zero-order chi connectivity index (χ0) is 13.5. The fourth-order valence-corrected chi connectivity index (χ4v) is 1.61. The molecule has 0 radical (unpaired) electrons. The molecule has 1 N–H and O–H groups in total. The number of amides is 1. The maximum absolute atomic E-state index is 11.6. The number of likely N-dealkylation sites (N-methyl/N-ethyl adjacent to an activating group) is 1. The van der Waals surface area contributed by atoms with Crippen molar-refractivity contribution in [1.29, 1.82) is 0 Å². The van der Waals surface area contributed by atoms with Gasteiger partial charge in [-0.05, 0) is 31.0 Å². The van der Waals surface area contributed by atoms with Crippen LogP contribution in [0.3, 0.4) is 0 Å². The monoisotopic (exact) mass is 251 g/mol. The van der Waals surface area contributed by atoms with E-state index in [4.69, 9.17) is 9.94 Å². The van der Waals surface area contributed by atoms with Crippen molar-refractivity contribution < 1.29 is 14.7 Å². The van der Waals surface area contributed by atoms with Gasteiger partial charge in [-0.15, -0.1) is 0 Å². The van der Waals surface area contributed by atoms with Gasteiger partial charge in [0.05, 0.1) is 12.5 Å². The smallest absolute Gasteiger partial charge is 0.252 e. The minimum atomic E-state index is -0.357. The number of unbranched alkanes of at least 4 members (excludes halogenated alkanes) is 1. The van der Waals surface area contributed by atoms with E-state index in [9.17, 15) is 4.79 Å². The van der Waals surface area contributed by atoms with Gasteiger partial charge in [-0.2, -0.15) is 0 Å². The Morgan fingerprint density at radius 2 is 2.00 bits per heavy atom. The first-order chi connectivity index (χ1) is 8.56. The Hall–Kier alpha value is -1.55. The summed E-state index contributed by atoms with van der Waals surface area (Å²) in [5.41, 5.74) is 0.865. The van der Waals surface area contributed by atoms with Crippen LogP contribution in [-0.4, -0.2) is 29.8 Å². The molecule has 0 aliphatic rings. The molecule has 18 heavy (non-hydrogen) atoms. The summed E-state index contributed by atoms with van der Waals surface area (Å²) in [5.74, 6) is 0.128. The Balaban J connectivity index is 2.62. The lowest BCUT2D eigenvalue weighted by molar-refractivity contribution is -0.160. The van der Waals surface area contributed by atoms with Crippen molar-refractivity contribution in [2.24, 2.45) is 0 Å². The maximum atomic E-state index is 11.6. The number of rotatable bonds is 6. The number of nitrogens with zero attached hydrogens (tertiary/aromatic N) is 1. The molecule has 0 saturated heterocycles.